The quantitative estimate of drug-likeness (QED) is 0.114. The summed E-state index contributed by atoms with van der Waals surface area (Å²) in [4.78, 5) is 40.8. The van der Waals surface area contributed by atoms with E-state index < -0.39 is 29.5 Å². The van der Waals surface area contributed by atoms with Crippen molar-refractivity contribution in [3.63, 3.8) is 0 Å². The Balaban J connectivity index is 0.000000550. The lowest BCUT2D eigenvalue weighted by atomic mass is 9.92. The number of rotatable bonds is 9. The third kappa shape index (κ3) is 19.1. The highest BCUT2D eigenvalue weighted by Crippen LogP contribution is 2.20. The molecule has 4 aromatic carbocycles. The summed E-state index contributed by atoms with van der Waals surface area (Å²) in [5.74, 6) is -3.52. The Morgan fingerprint density at radius 3 is 0.848 bits per heavy atom. The second-order valence-corrected chi connectivity index (χ2v) is 9.49. The summed E-state index contributed by atoms with van der Waals surface area (Å²) >= 11 is 0. The number of aromatic carboxylic acids is 4. The van der Waals surface area contributed by atoms with Crippen LogP contribution in [0.3, 0.4) is 0 Å². The molecule has 0 aliphatic carbocycles. The molecule has 246 valence electrons. The number of benzene rings is 4. The SMILES string of the molecule is CCCC(O)(CC)CCO.O=C(O)c1ccccc1.O=C(O)c1ccccc1.O=C(O)c1ccccc1.O=C(O)c1ccccc1. The van der Waals surface area contributed by atoms with Gasteiger partial charge >= 0.3 is 23.9 Å². The summed E-state index contributed by atoms with van der Waals surface area (Å²) < 4.78 is 0. The third-order valence-corrected chi connectivity index (χ3v) is 6.03. The van der Waals surface area contributed by atoms with Crippen LogP contribution < -0.4 is 0 Å². The molecular formula is C36H42O10. The second-order valence-electron chi connectivity index (χ2n) is 9.49. The molecule has 0 radical (unpaired) electrons. The topological polar surface area (TPSA) is 190 Å². The smallest absolute Gasteiger partial charge is 0.335 e. The minimum absolute atomic E-state index is 0.0876. The fraction of sp³-hybridized carbons (Fsp3) is 0.222. The van der Waals surface area contributed by atoms with E-state index in [9.17, 15) is 24.3 Å². The van der Waals surface area contributed by atoms with Crippen molar-refractivity contribution in [2.45, 2.75) is 45.1 Å². The normalized spacial score (nSPS) is 10.6. The van der Waals surface area contributed by atoms with E-state index >= 15 is 0 Å². The predicted octanol–water partition coefficient (Wildman–Crippen LogP) is 6.85. The van der Waals surface area contributed by atoms with E-state index in [4.69, 9.17) is 25.5 Å². The van der Waals surface area contributed by atoms with Crippen LogP contribution in [-0.4, -0.2) is 66.7 Å². The van der Waals surface area contributed by atoms with Crippen molar-refractivity contribution in [3.05, 3.63) is 144 Å². The number of hydrogen-bond donors (Lipinski definition) is 6. The molecule has 0 aromatic heterocycles. The molecule has 0 saturated carbocycles. The lowest BCUT2D eigenvalue weighted by molar-refractivity contribution is 0.00381. The summed E-state index contributed by atoms with van der Waals surface area (Å²) in [7, 11) is 0. The van der Waals surface area contributed by atoms with E-state index in [0.29, 0.717) is 28.7 Å². The van der Waals surface area contributed by atoms with Crippen LogP contribution in [0.5, 0.6) is 0 Å². The molecule has 0 aliphatic heterocycles. The first-order chi connectivity index (χ1) is 21.9. The molecule has 10 heteroatoms. The van der Waals surface area contributed by atoms with Gasteiger partial charge in [-0.25, -0.2) is 19.2 Å². The van der Waals surface area contributed by atoms with Crippen LogP contribution in [0.2, 0.25) is 0 Å². The average Bonchev–Trinajstić information content (AvgIpc) is 3.08. The molecule has 0 bridgehead atoms. The summed E-state index contributed by atoms with van der Waals surface area (Å²) in [5.41, 5.74) is 0.716. The van der Waals surface area contributed by atoms with Gasteiger partial charge in [0, 0.05) is 6.61 Å². The van der Waals surface area contributed by atoms with Crippen molar-refractivity contribution in [2.75, 3.05) is 6.61 Å². The van der Waals surface area contributed by atoms with E-state index in [-0.39, 0.29) is 6.61 Å². The van der Waals surface area contributed by atoms with E-state index in [2.05, 4.69) is 0 Å². The highest BCUT2D eigenvalue weighted by molar-refractivity contribution is 5.88. The fourth-order valence-electron chi connectivity index (χ4n) is 3.47. The zero-order chi connectivity index (χ0) is 34.8. The van der Waals surface area contributed by atoms with Crippen LogP contribution in [0.25, 0.3) is 0 Å². The standard InChI is InChI=1S/C8H18O2.4C7H6O2/c1-3-5-8(10,4-2)6-7-9;4*8-7(9)6-4-2-1-3-5-6/h9-10H,3-7H2,1-2H3;4*1-5H,(H,8,9). The largest absolute Gasteiger partial charge is 0.478 e. The Labute approximate surface area is 268 Å². The maximum atomic E-state index is 10.2. The number of carbonyl (C=O) groups is 4. The highest BCUT2D eigenvalue weighted by Gasteiger charge is 2.21. The molecule has 1 unspecified atom stereocenters. The van der Waals surface area contributed by atoms with Gasteiger partial charge < -0.3 is 30.6 Å². The Hall–Kier alpha value is -5.32. The van der Waals surface area contributed by atoms with Crippen molar-refractivity contribution in [1.82, 2.24) is 0 Å². The Morgan fingerprint density at radius 2 is 0.717 bits per heavy atom. The first-order valence-corrected chi connectivity index (χ1v) is 14.4. The van der Waals surface area contributed by atoms with Crippen molar-refractivity contribution in [2.24, 2.45) is 0 Å². The monoisotopic (exact) mass is 634 g/mol. The number of carboxylic acids is 4. The maximum absolute atomic E-state index is 10.2. The molecule has 0 spiro atoms. The lowest BCUT2D eigenvalue weighted by Gasteiger charge is -2.24. The van der Waals surface area contributed by atoms with Crippen LogP contribution in [0.15, 0.2) is 121 Å². The number of aliphatic hydroxyl groups is 2. The van der Waals surface area contributed by atoms with Crippen molar-refractivity contribution < 1.29 is 49.8 Å². The van der Waals surface area contributed by atoms with E-state index in [1.807, 2.05) is 13.8 Å². The predicted molar refractivity (Wildman–Crippen MR) is 175 cm³/mol. The Kier molecular flexibility index (Phi) is 21.3. The lowest BCUT2D eigenvalue weighted by Crippen LogP contribution is -2.28. The zero-order valence-corrected chi connectivity index (χ0v) is 25.9. The minimum atomic E-state index is -0.879. The van der Waals surface area contributed by atoms with Gasteiger partial charge in [0.1, 0.15) is 0 Å². The zero-order valence-electron chi connectivity index (χ0n) is 25.9. The van der Waals surface area contributed by atoms with Gasteiger partial charge in [-0.1, -0.05) is 93.1 Å². The molecule has 10 nitrogen and oxygen atoms in total. The highest BCUT2D eigenvalue weighted by atomic mass is 16.4. The van der Waals surface area contributed by atoms with Gasteiger partial charge in [-0.3, -0.25) is 0 Å². The first-order valence-electron chi connectivity index (χ1n) is 14.4. The molecule has 4 rings (SSSR count). The summed E-state index contributed by atoms with van der Waals surface area (Å²) in [6.45, 7) is 4.08. The van der Waals surface area contributed by atoms with Crippen LogP contribution in [0.1, 0.15) is 81.0 Å². The van der Waals surface area contributed by atoms with Crippen molar-refractivity contribution in [3.8, 4) is 0 Å². The van der Waals surface area contributed by atoms with Gasteiger partial charge in [0.15, 0.2) is 0 Å². The summed E-state index contributed by atoms with van der Waals surface area (Å²) in [6, 6.07) is 33.2. The van der Waals surface area contributed by atoms with Gasteiger partial charge in [0.05, 0.1) is 27.9 Å². The first kappa shape index (κ1) is 40.7. The molecule has 0 heterocycles. The summed E-state index contributed by atoms with van der Waals surface area (Å²) in [6.07, 6.45) is 3.02. The van der Waals surface area contributed by atoms with Gasteiger partial charge in [-0.05, 0) is 67.8 Å². The number of carboxylic acid groups (broad SMARTS) is 4. The van der Waals surface area contributed by atoms with Crippen LogP contribution >= 0.6 is 0 Å². The Bertz CT molecular complexity index is 1190. The van der Waals surface area contributed by atoms with Gasteiger partial charge in [0.25, 0.3) is 0 Å². The van der Waals surface area contributed by atoms with E-state index in [0.717, 1.165) is 19.3 Å². The molecule has 46 heavy (non-hydrogen) atoms. The average molecular weight is 635 g/mol. The van der Waals surface area contributed by atoms with E-state index in [1.165, 1.54) is 0 Å². The summed E-state index contributed by atoms with van der Waals surface area (Å²) in [5, 5.41) is 51.8. The van der Waals surface area contributed by atoms with Crippen LogP contribution in [0.4, 0.5) is 0 Å². The maximum Gasteiger partial charge on any atom is 0.335 e. The number of hydrogen-bond acceptors (Lipinski definition) is 6. The molecule has 1 atom stereocenters. The second kappa shape index (κ2) is 24.1. The number of aliphatic hydroxyl groups excluding tert-OH is 1. The van der Waals surface area contributed by atoms with Crippen molar-refractivity contribution in [1.29, 1.82) is 0 Å². The minimum Gasteiger partial charge on any atom is -0.478 e. The van der Waals surface area contributed by atoms with Crippen LogP contribution in [0, 0.1) is 0 Å². The Morgan fingerprint density at radius 1 is 0.478 bits per heavy atom. The van der Waals surface area contributed by atoms with Gasteiger partial charge in [-0.2, -0.15) is 0 Å². The van der Waals surface area contributed by atoms with Crippen LogP contribution in [-0.2, 0) is 0 Å². The molecule has 0 aliphatic rings. The molecule has 6 N–H and O–H groups in total. The third-order valence-electron chi connectivity index (χ3n) is 6.03. The molecule has 0 amide bonds. The van der Waals surface area contributed by atoms with E-state index in [1.54, 1.807) is 121 Å². The molecule has 4 aromatic rings. The fourth-order valence-corrected chi connectivity index (χ4v) is 3.47. The molecular weight excluding hydrogens is 592 g/mol. The van der Waals surface area contributed by atoms with Gasteiger partial charge in [0.2, 0.25) is 0 Å². The van der Waals surface area contributed by atoms with Crippen molar-refractivity contribution >= 4 is 23.9 Å². The van der Waals surface area contributed by atoms with Gasteiger partial charge in [-0.15, -0.1) is 0 Å². The molecule has 0 saturated heterocycles. The molecule has 0 fully saturated rings.